The van der Waals surface area contributed by atoms with Crippen LogP contribution in [0.15, 0.2) is 78.9 Å². The van der Waals surface area contributed by atoms with Crippen LogP contribution >= 0.6 is 0 Å². The molecule has 0 aliphatic heterocycles. The maximum atomic E-state index is 12.7. The lowest BCUT2D eigenvalue weighted by Crippen LogP contribution is -2.45. The standard InChI is InChI=1S/C26H24F3NO5/c1-34-25(33)22(30-24(32)23(31)19-10-12-20(13-11-19)26(27,28)29)15-18-8-5-9-21(14-18)35-16-17-6-3-2-4-7-17/h2-14,22-23,31H,15-16H2,1H3,(H,30,32)/t22-,23+/m0/s1. The summed E-state index contributed by atoms with van der Waals surface area (Å²) in [6, 6.07) is 18.9. The molecule has 0 saturated carbocycles. The Morgan fingerprint density at radius 3 is 2.23 bits per heavy atom. The van der Waals surface area contributed by atoms with Gasteiger partial charge in [0.2, 0.25) is 0 Å². The topological polar surface area (TPSA) is 84.9 Å². The van der Waals surface area contributed by atoms with Crippen molar-refractivity contribution in [3.05, 3.63) is 101 Å². The fourth-order valence-electron chi connectivity index (χ4n) is 3.33. The summed E-state index contributed by atoms with van der Waals surface area (Å²) in [5.41, 5.74) is 0.691. The number of amides is 1. The molecule has 0 aliphatic carbocycles. The zero-order chi connectivity index (χ0) is 25.4. The summed E-state index contributed by atoms with van der Waals surface area (Å²) in [6.45, 7) is 0.348. The molecule has 0 spiro atoms. The van der Waals surface area contributed by atoms with E-state index in [2.05, 4.69) is 5.32 Å². The number of methoxy groups -OCH3 is 1. The van der Waals surface area contributed by atoms with Crippen molar-refractivity contribution in [2.45, 2.75) is 31.3 Å². The molecule has 3 aromatic rings. The SMILES string of the molecule is COC(=O)[C@H](Cc1cccc(OCc2ccccc2)c1)NC(=O)[C@H](O)c1ccc(C(F)(F)F)cc1. The Labute approximate surface area is 200 Å². The number of benzene rings is 3. The molecular weight excluding hydrogens is 463 g/mol. The highest BCUT2D eigenvalue weighted by molar-refractivity contribution is 5.87. The van der Waals surface area contributed by atoms with Gasteiger partial charge in [-0.05, 0) is 41.0 Å². The van der Waals surface area contributed by atoms with Crippen LogP contribution in [-0.4, -0.2) is 30.1 Å². The molecule has 0 aromatic heterocycles. The predicted molar refractivity (Wildman–Crippen MR) is 121 cm³/mol. The number of esters is 1. The quantitative estimate of drug-likeness (QED) is 0.442. The number of ether oxygens (including phenoxy) is 2. The molecule has 2 N–H and O–H groups in total. The van der Waals surface area contributed by atoms with Crippen molar-refractivity contribution < 1.29 is 37.3 Å². The molecule has 0 fully saturated rings. The molecule has 0 bridgehead atoms. The second-order valence-corrected chi connectivity index (χ2v) is 7.73. The van der Waals surface area contributed by atoms with E-state index in [4.69, 9.17) is 9.47 Å². The lowest BCUT2D eigenvalue weighted by Gasteiger charge is -2.19. The number of hydrogen-bond acceptors (Lipinski definition) is 5. The number of nitrogens with one attached hydrogen (secondary N) is 1. The Kier molecular flexibility index (Phi) is 8.48. The zero-order valence-corrected chi connectivity index (χ0v) is 18.8. The number of carbonyl (C=O) groups excluding carboxylic acids is 2. The number of aliphatic hydroxyl groups excluding tert-OH is 1. The lowest BCUT2D eigenvalue weighted by atomic mass is 10.0. The third-order valence-corrected chi connectivity index (χ3v) is 5.19. The van der Waals surface area contributed by atoms with E-state index in [1.54, 1.807) is 24.3 Å². The summed E-state index contributed by atoms with van der Waals surface area (Å²) in [5, 5.41) is 12.7. The number of aliphatic hydroxyl groups is 1. The summed E-state index contributed by atoms with van der Waals surface area (Å²) >= 11 is 0. The van der Waals surface area contributed by atoms with Crippen LogP contribution in [-0.2, 0) is 33.5 Å². The molecule has 1 amide bonds. The van der Waals surface area contributed by atoms with Crippen molar-refractivity contribution in [3.63, 3.8) is 0 Å². The van der Waals surface area contributed by atoms with Crippen molar-refractivity contribution >= 4 is 11.9 Å². The van der Waals surface area contributed by atoms with Gasteiger partial charge in [0.25, 0.3) is 5.91 Å². The second-order valence-electron chi connectivity index (χ2n) is 7.73. The van der Waals surface area contributed by atoms with E-state index in [1.807, 2.05) is 30.3 Å². The first-order valence-electron chi connectivity index (χ1n) is 10.7. The molecule has 0 heterocycles. The normalized spacial score (nSPS) is 12.9. The second kappa shape index (κ2) is 11.5. The summed E-state index contributed by atoms with van der Waals surface area (Å²) < 4.78 is 48.8. The smallest absolute Gasteiger partial charge is 0.416 e. The fraction of sp³-hybridized carbons (Fsp3) is 0.231. The summed E-state index contributed by atoms with van der Waals surface area (Å²) in [4.78, 5) is 24.8. The molecule has 0 aliphatic rings. The predicted octanol–water partition coefficient (Wildman–Crippen LogP) is 4.22. The van der Waals surface area contributed by atoms with Gasteiger partial charge in [-0.3, -0.25) is 4.79 Å². The third kappa shape index (κ3) is 7.31. The lowest BCUT2D eigenvalue weighted by molar-refractivity contribution is -0.146. The minimum Gasteiger partial charge on any atom is -0.489 e. The van der Waals surface area contributed by atoms with Gasteiger partial charge in [0.1, 0.15) is 18.4 Å². The molecule has 6 nitrogen and oxygen atoms in total. The molecule has 3 aromatic carbocycles. The van der Waals surface area contributed by atoms with E-state index in [0.717, 1.165) is 36.9 Å². The largest absolute Gasteiger partial charge is 0.489 e. The van der Waals surface area contributed by atoms with E-state index in [9.17, 15) is 27.9 Å². The van der Waals surface area contributed by atoms with Crippen LogP contribution in [0.25, 0.3) is 0 Å². The first-order valence-corrected chi connectivity index (χ1v) is 10.7. The molecule has 2 atom stereocenters. The van der Waals surface area contributed by atoms with E-state index in [-0.39, 0.29) is 12.0 Å². The summed E-state index contributed by atoms with van der Waals surface area (Å²) in [6.07, 6.45) is -6.27. The molecule has 0 unspecified atom stereocenters. The van der Waals surface area contributed by atoms with Crippen molar-refractivity contribution in [1.29, 1.82) is 0 Å². The highest BCUT2D eigenvalue weighted by atomic mass is 19.4. The van der Waals surface area contributed by atoms with Crippen molar-refractivity contribution in [1.82, 2.24) is 5.32 Å². The first kappa shape index (κ1) is 25.8. The zero-order valence-electron chi connectivity index (χ0n) is 18.8. The highest BCUT2D eigenvalue weighted by Crippen LogP contribution is 2.30. The molecule has 3 rings (SSSR count). The van der Waals surface area contributed by atoms with Gasteiger partial charge in [0.15, 0.2) is 6.10 Å². The molecule has 0 radical (unpaired) electrons. The Hall–Kier alpha value is -3.85. The molecule has 35 heavy (non-hydrogen) atoms. The van der Waals surface area contributed by atoms with E-state index in [0.29, 0.717) is 17.9 Å². The van der Waals surface area contributed by atoms with E-state index in [1.165, 1.54) is 0 Å². The number of hydrogen-bond donors (Lipinski definition) is 2. The van der Waals surface area contributed by atoms with E-state index >= 15 is 0 Å². The first-order chi connectivity index (χ1) is 16.7. The summed E-state index contributed by atoms with van der Waals surface area (Å²) in [7, 11) is 1.16. The van der Waals surface area contributed by atoms with Gasteiger partial charge in [-0.25, -0.2) is 4.79 Å². The van der Waals surface area contributed by atoms with Gasteiger partial charge < -0.3 is 19.9 Å². The maximum Gasteiger partial charge on any atom is 0.416 e. The van der Waals surface area contributed by atoms with Gasteiger partial charge in [-0.1, -0.05) is 54.6 Å². The van der Waals surface area contributed by atoms with Crippen LogP contribution in [0.5, 0.6) is 5.75 Å². The minimum absolute atomic E-state index is 0.0423. The van der Waals surface area contributed by atoms with Crippen LogP contribution in [0, 0.1) is 0 Å². The Balaban J connectivity index is 1.67. The Morgan fingerprint density at radius 2 is 1.60 bits per heavy atom. The third-order valence-electron chi connectivity index (χ3n) is 5.19. The van der Waals surface area contributed by atoms with Crippen LogP contribution < -0.4 is 10.1 Å². The van der Waals surface area contributed by atoms with Gasteiger partial charge in [0.05, 0.1) is 12.7 Å². The van der Waals surface area contributed by atoms with Crippen molar-refractivity contribution in [3.8, 4) is 5.75 Å². The van der Waals surface area contributed by atoms with Gasteiger partial charge in [-0.2, -0.15) is 13.2 Å². The number of rotatable bonds is 9. The number of alkyl halides is 3. The van der Waals surface area contributed by atoms with Crippen LogP contribution in [0.1, 0.15) is 28.4 Å². The van der Waals surface area contributed by atoms with Crippen LogP contribution in [0.4, 0.5) is 13.2 Å². The Bertz CT molecular complexity index is 1130. The van der Waals surface area contributed by atoms with Crippen LogP contribution in [0.2, 0.25) is 0 Å². The molecule has 0 saturated heterocycles. The maximum absolute atomic E-state index is 12.7. The Morgan fingerprint density at radius 1 is 0.943 bits per heavy atom. The van der Waals surface area contributed by atoms with Crippen LogP contribution in [0.3, 0.4) is 0 Å². The average Bonchev–Trinajstić information content (AvgIpc) is 2.86. The van der Waals surface area contributed by atoms with Crippen molar-refractivity contribution in [2.24, 2.45) is 0 Å². The van der Waals surface area contributed by atoms with Crippen molar-refractivity contribution in [2.75, 3.05) is 7.11 Å². The summed E-state index contributed by atoms with van der Waals surface area (Å²) in [5.74, 6) is -1.13. The molecule has 184 valence electrons. The fourth-order valence-corrected chi connectivity index (χ4v) is 3.33. The van der Waals surface area contributed by atoms with E-state index < -0.39 is 35.8 Å². The monoisotopic (exact) mass is 487 g/mol. The highest BCUT2D eigenvalue weighted by Gasteiger charge is 2.31. The van der Waals surface area contributed by atoms with Gasteiger partial charge in [0, 0.05) is 6.42 Å². The van der Waals surface area contributed by atoms with Gasteiger partial charge in [-0.15, -0.1) is 0 Å². The van der Waals surface area contributed by atoms with Gasteiger partial charge >= 0.3 is 12.1 Å². The average molecular weight is 487 g/mol. The number of halogens is 3. The molecular formula is C26H24F3NO5. The minimum atomic E-state index is -4.54. The molecule has 9 heteroatoms. The number of carbonyl (C=O) groups is 2.